The van der Waals surface area contributed by atoms with E-state index in [-0.39, 0.29) is 0 Å². The maximum atomic E-state index is 10.5. The number of anilines is 1. The van der Waals surface area contributed by atoms with Crippen molar-refractivity contribution < 1.29 is 9.90 Å². The zero-order chi connectivity index (χ0) is 13.1. The SMILES string of the molecule is Cc1cc(-n2ncnn2)cc(/C=C/C(=O)O)c1N. The highest BCUT2D eigenvalue weighted by atomic mass is 16.4. The predicted molar refractivity (Wildman–Crippen MR) is 65.0 cm³/mol. The van der Waals surface area contributed by atoms with Crippen LogP contribution in [0.25, 0.3) is 11.8 Å². The van der Waals surface area contributed by atoms with Crippen LogP contribution >= 0.6 is 0 Å². The molecule has 0 saturated heterocycles. The first kappa shape index (κ1) is 11.8. The Morgan fingerprint density at radius 2 is 2.28 bits per heavy atom. The molecule has 1 aromatic heterocycles. The Hall–Kier alpha value is -2.70. The lowest BCUT2D eigenvalue weighted by molar-refractivity contribution is -0.131. The van der Waals surface area contributed by atoms with Crippen molar-refractivity contribution in [2.45, 2.75) is 6.92 Å². The summed E-state index contributed by atoms with van der Waals surface area (Å²) in [5, 5.41) is 19.9. The van der Waals surface area contributed by atoms with Gasteiger partial charge in [0, 0.05) is 17.3 Å². The number of rotatable bonds is 3. The van der Waals surface area contributed by atoms with Gasteiger partial charge >= 0.3 is 5.97 Å². The van der Waals surface area contributed by atoms with Crippen molar-refractivity contribution in [1.82, 2.24) is 20.2 Å². The minimum absolute atomic E-state index is 0.524. The number of benzene rings is 1. The fourth-order valence-corrected chi connectivity index (χ4v) is 1.51. The summed E-state index contributed by atoms with van der Waals surface area (Å²) in [5.74, 6) is -1.03. The molecule has 0 atom stereocenters. The highest BCUT2D eigenvalue weighted by Crippen LogP contribution is 2.22. The third-order valence-electron chi connectivity index (χ3n) is 2.39. The summed E-state index contributed by atoms with van der Waals surface area (Å²) in [6, 6.07) is 3.50. The van der Waals surface area contributed by atoms with Crippen LogP contribution in [0.1, 0.15) is 11.1 Å². The Morgan fingerprint density at radius 3 is 2.89 bits per heavy atom. The fraction of sp³-hybridized carbons (Fsp3) is 0.0909. The van der Waals surface area contributed by atoms with Gasteiger partial charge in [-0.15, -0.1) is 15.0 Å². The van der Waals surface area contributed by atoms with Gasteiger partial charge in [0.2, 0.25) is 0 Å². The number of nitrogens with zero attached hydrogens (tertiary/aromatic N) is 4. The van der Waals surface area contributed by atoms with Crippen LogP contribution in [0.4, 0.5) is 5.69 Å². The minimum Gasteiger partial charge on any atom is -0.478 e. The van der Waals surface area contributed by atoms with Crippen LogP contribution in [-0.2, 0) is 4.79 Å². The lowest BCUT2D eigenvalue weighted by Gasteiger charge is -2.07. The number of hydrogen-bond donors (Lipinski definition) is 2. The number of carbonyl (C=O) groups is 1. The van der Waals surface area contributed by atoms with E-state index >= 15 is 0 Å². The number of aromatic nitrogens is 4. The fourth-order valence-electron chi connectivity index (χ4n) is 1.51. The normalized spacial score (nSPS) is 10.9. The van der Waals surface area contributed by atoms with Crippen molar-refractivity contribution in [3.8, 4) is 5.69 Å². The molecule has 0 fully saturated rings. The second-order valence-electron chi connectivity index (χ2n) is 3.66. The van der Waals surface area contributed by atoms with Crippen LogP contribution in [0.15, 0.2) is 24.5 Å². The van der Waals surface area contributed by atoms with E-state index in [9.17, 15) is 4.79 Å². The molecule has 1 aromatic carbocycles. The molecule has 3 N–H and O–H groups in total. The molecule has 0 unspecified atom stereocenters. The molecule has 0 saturated carbocycles. The molecule has 2 rings (SSSR count). The summed E-state index contributed by atoms with van der Waals surface area (Å²) in [6.07, 6.45) is 3.78. The number of nitrogen functional groups attached to an aromatic ring is 1. The number of hydrogen-bond acceptors (Lipinski definition) is 5. The highest BCUT2D eigenvalue weighted by molar-refractivity contribution is 5.87. The summed E-state index contributed by atoms with van der Waals surface area (Å²) < 4.78 is 0. The van der Waals surface area contributed by atoms with Crippen molar-refractivity contribution in [3.05, 3.63) is 35.7 Å². The third kappa shape index (κ3) is 2.34. The summed E-state index contributed by atoms with van der Waals surface area (Å²) >= 11 is 0. The Labute approximate surface area is 103 Å². The first-order chi connectivity index (χ1) is 8.58. The Kier molecular flexibility index (Phi) is 3.05. The second kappa shape index (κ2) is 4.66. The molecule has 0 aliphatic heterocycles. The largest absolute Gasteiger partial charge is 0.478 e. The number of tetrazole rings is 1. The van der Waals surface area contributed by atoms with Crippen LogP contribution in [0.3, 0.4) is 0 Å². The molecule has 0 radical (unpaired) electrons. The molecule has 92 valence electrons. The molecule has 2 aromatic rings. The van der Waals surface area contributed by atoms with Crippen molar-refractivity contribution in [3.63, 3.8) is 0 Å². The number of nitrogens with two attached hydrogens (primary N) is 1. The Balaban J connectivity index is 2.50. The number of aryl methyl sites for hydroxylation is 1. The lowest BCUT2D eigenvalue weighted by atomic mass is 10.1. The Bertz CT molecular complexity index is 604. The van der Waals surface area contributed by atoms with Gasteiger partial charge in [-0.25, -0.2) is 4.79 Å². The van der Waals surface area contributed by atoms with E-state index < -0.39 is 5.97 Å². The minimum atomic E-state index is -1.03. The summed E-state index contributed by atoms with van der Waals surface area (Å²) in [6.45, 7) is 1.83. The van der Waals surface area contributed by atoms with E-state index in [4.69, 9.17) is 10.8 Å². The first-order valence-corrected chi connectivity index (χ1v) is 5.12. The number of aliphatic carboxylic acids is 1. The summed E-state index contributed by atoms with van der Waals surface area (Å²) in [7, 11) is 0. The molecule has 0 bridgehead atoms. The molecule has 1 heterocycles. The lowest BCUT2D eigenvalue weighted by Crippen LogP contribution is -2.03. The average Bonchev–Trinajstić information content (AvgIpc) is 2.84. The molecule has 18 heavy (non-hydrogen) atoms. The van der Waals surface area contributed by atoms with E-state index in [1.54, 1.807) is 12.1 Å². The smallest absolute Gasteiger partial charge is 0.328 e. The van der Waals surface area contributed by atoms with Gasteiger partial charge < -0.3 is 10.8 Å². The average molecular weight is 245 g/mol. The molecule has 0 aliphatic rings. The quantitative estimate of drug-likeness (QED) is 0.607. The second-order valence-corrected chi connectivity index (χ2v) is 3.66. The van der Waals surface area contributed by atoms with Gasteiger partial charge in [-0.3, -0.25) is 0 Å². The molecule has 7 heteroatoms. The van der Waals surface area contributed by atoms with Gasteiger partial charge in [-0.05, 0) is 35.9 Å². The maximum absolute atomic E-state index is 10.5. The summed E-state index contributed by atoms with van der Waals surface area (Å²) in [5.41, 5.74) is 8.49. The van der Waals surface area contributed by atoms with E-state index in [0.717, 1.165) is 11.6 Å². The van der Waals surface area contributed by atoms with Crippen LogP contribution in [0.5, 0.6) is 0 Å². The van der Waals surface area contributed by atoms with Crippen LogP contribution in [0, 0.1) is 6.92 Å². The van der Waals surface area contributed by atoms with Crippen LogP contribution < -0.4 is 5.73 Å². The standard InChI is InChI=1S/C11H11N5O2/c1-7-4-9(16-14-6-13-15-16)5-8(11(7)12)2-3-10(17)18/h2-6H,12H2,1H3,(H,17,18)/b3-2+. The van der Waals surface area contributed by atoms with Gasteiger partial charge in [0.15, 0.2) is 6.33 Å². The van der Waals surface area contributed by atoms with Gasteiger partial charge in [0.05, 0.1) is 5.69 Å². The zero-order valence-electron chi connectivity index (χ0n) is 9.61. The van der Waals surface area contributed by atoms with E-state index in [2.05, 4.69) is 15.4 Å². The van der Waals surface area contributed by atoms with Crippen molar-refractivity contribution in [1.29, 1.82) is 0 Å². The van der Waals surface area contributed by atoms with E-state index in [1.165, 1.54) is 17.2 Å². The summed E-state index contributed by atoms with van der Waals surface area (Å²) in [4.78, 5) is 11.9. The number of carboxylic acids is 1. The van der Waals surface area contributed by atoms with E-state index in [1.807, 2.05) is 6.92 Å². The topological polar surface area (TPSA) is 107 Å². The highest BCUT2D eigenvalue weighted by Gasteiger charge is 2.06. The zero-order valence-corrected chi connectivity index (χ0v) is 9.61. The van der Waals surface area contributed by atoms with Gasteiger partial charge in [0.1, 0.15) is 0 Å². The molecular weight excluding hydrogens is 234 g/mol. The monoisotopic (exact) mass is 245 g/mol. The maximum Gasteiger partial charge on any atom is 0.328 e. The molecular formula is C11H11N5O2. The number of carboxylic acid groups (broad SMARTS) is 1. The molecule has 0 amide bonds. The van der Waals surface area contributed by atoms with E-state index in [0.29, 0.717) is 16.9 Å². The third-order valence-corrected chi connectivity index (χ3v) is 2.39. The van der Waals surface area contributed by atoms with Crippen molar-refractivity contribution in [2.75, 3.05) is 5.73 Å². The Morgan fingerprint density at radius 1 is 1.50 bits per heavy atom. The van der Waals surface area contributed by atoms with Crippen molar-refractivity contribution in [2.24, 2.45) is 0 Å². The van der Waals surface area contributed by atoms with Crippen molar-refractivity contribution >= 4 is 17.7 Å². The van der Waals surface area contributed by atoms with Gasteiger partial charge in [0.25, 0.3) is 0 Å². The van der Waals surface area contributed by atoms with Gasteiger partial charge in [-0.2, -0.15) is 0 Å². The predicted octanol–water partition coefficient (Wildman–Crippen LogP) is 0.651. The molecule has 7 nitrogen and oxygen atoms in total. The molecule has 0 aliphatic carbocycles. The van der Waals surface area contributed by atoms with Gasteiger partial charge in [-0.1, -0.05) is 0 Å². The van der Waals surface area contributed by atoms with Crippen LogP contribution in [-0.4, -0.2) is 31.3 Å². The van der Waals surface area contributed by atoms with Crippen LogP contribution in [0.2, 0.25) is 0 Å². The first-order valence-electron chi connectivity index (χ1n) is 5.12. The molecule has 0 spiro atoms.